The lowest BCUT2D eigenvalue weighted by Gasteiger charge is -2.07. The van der Waals surface area contributed by atoms with Gasteiger partial charge in [-0.05, 0) is 11.6 Å². The van der Waals surface area contributed by atoms with Crippen LogP contribution in [0.15, 0.2) is 41.7 Å². The van der Waals surface area contributed by atoms with Crippen LogP contribution in [0.2, 0.25) is 0 Å². The van der Waals surface area contributed by atoms with Gasteiger partial charge in [-0.15, -0.1) is 0 Å². The molecule has 0 fully saturated rings. The van der Waals surface area contributed by atoms with E-state index in [1.807, 2.05) is 30.3 Å². The second-order valence-corrected chi connectivity index (χ2v) is 4.04. The zero-order valence-corrected chi connectivity index (χ0v) is 10.2. The van der Waals surface area contributed by atoms with E-state index < -0.39 is 0 Å². The van der Waals surface area contributed by atoms with Gasteiger partial charge in [-0.3, -0.25) is 9.78 Å². The molecule has 0 spiro atoms. The Bertz CT molecular complexity index is 620. The van der Waals surface area contributed by atoms with Gasteiger partial charge in [-0.2, -0.15) is 0 Å². The van der Waals surface area contributed by atoms with Gasteiger partial charge in [0.1, 0.15) is 5.84 Å². The fraction of sp³-hybridized carbons (Fsp3) is 0.154. The highest BCUT2D eigenvalue weighted by Gasteiger charge is 2.06. The molecule has 2 rings (SSSR count). The second kappa shape index (κ2) is 5.81. The van der Waals surface area contributed by atoms with Crippen molar-refractivity contribution in [1.29, 1.82) is 0 Å². The SMILES string of the molecule is N/C(CC(=O)NCc1cccc2cccnc12)=N/O. The number of fused-ring (bicyclic) bond motifs is 1. The monoisotopic (exact) mass is 258 g/mol. The summed E-state index contributed by atoms with van der Waals surface area (Å²) in [4.78, 5) is 15.8. The van der Waals surface area contributed by atoms with Gasteiger partial charge in [0.05, 0.1) is 11.9 Å². The molecule has 0 unspecified atom stereocenters. The Morgan fingerprint density at radius 3 is 2.95 bits per heavy atom. The van der Waals surface area contributed by atoms with E-state index in [-0.39, 0.29) is 18.2 Å². The summed E-state index contributed by atoms with van der Waals surface area (Å²) >= 11 is 0. The van der Waals surface area contributed by atoms with Crippen LogP contribution >= 0.6 is 0 Å². The summed E-state index contributed by atoms with van der Waals surface area (Å²) < 4.78 is 0. The number of carbonyl (C=O) groups is 1. The summed E-state index contributed by atoms with van der Waals surface area (Å²) in [5.41, 5.74) is 7.04. The van der Waals surface area contributed by atoms with Crippen LogP contribution in [-0.2, 0) is 11.3 Å². The summed E-state index contributed by atoms with van der Waals surface area (Å²) in [6, 6.07) is 9.60. The number of nitrogens with zero attached hydrogens (tertiary/aromatic N) is 2. The molecule has 1 aromatic heterocycles. The predicted molar refractivity (Wildman–Crippen MR) is 71.6 cm³/mol. The van der Waals surface area contributed by atoms with Gasteiger partial charge in [0.25, 0.3) is 0 Å². The van der Waals surface area contributed by atoms with Crippen molar-refractivity contribution in [3.63, 3.8) is 0 Å². The highest BCUT2D eigenvalue weighted by Crippen LogP contribution is 2.15. The first-order chi connectivity index (χ1) is 9.20. The third-order valence-electron chi connectivity index (χ3n) is 2.66. The third kappa shape index (κ3) is 3.19. The quantitative estimate of drug-likeness (QED) is 0.329. The number of amidine groups is 1. The van der Waals surface area contributed by atoms with Gasteiger partial charge in [-0.1, -0.05) is 29.4 Å². The Morgan fingerprint density at radius 1 is 1.37 bits per heavy atom. The molecule has 2 aromatic rings. The molecule has 1 heterocycles. The van der Waals surface area contributed by atoms with E-state index in [1.165, 1.54) is 0 Å². The molecule has 0 aliphatic carbocycles. The first-order valence-corrected chi connectivity index (χ1v) is 5.76. The Kier molecular flexibility index (Phi) is 3.92. The van der Waals surface area contributed by atoms with Crippen LogP contribution in [0.1, 0.15) is 12.0 Å². The maximum atomic E-state index is 11.5. The number of carbonyl (C=O) groups excluding carboxylic acids is 1. The first-order valence-electron chi connectivity index (χ1n) is 5.76. The number of nitrogens with one attached hydrogen (secondary N) is 1. The standard InChI is InChI=1S/C13H14N4O2/c14-11(17-19)7-12(18)16-8-10-4-1-3-9-5-2-6-15-13(9)10/h1-6,19H,7-8H2,(H2,14,17)(H,16,18). The molecule has 4 N–H and O–H groups in total. The van der Waals surface area contributed by atoms with Crippen molar-refractivity contribution in [3.05, 3.63) is 42.1 Å². The molecular formula is C13H14N4O2. The smallest absolute Gasteiger partial charge is 0.227 e. The molecule has 19 heavy (non-hydrogen) atoms. The maximum Gasteiger partial charge on any atom is 0.227 e. The van der Waals surface area contributed by atoms with E-state index in [9.17, 15) is 4.79 Å². The number of amides is 1. The van der Waals surface area contributed by atoms with Crippen molar-refractivity contribution in [3.8, 4) is 0 Å². The largest absolute Gasteiger partial charge is 0.409 e. The van der Waals surface area contributed by atoms with Crippen molar-refractivity contribution in [2.75, 3.05) is 0 Å². The Labute approximate surface area is 109 Å². The fourth-order valence-corrected chi connectivity index (χ4v) is 1.77. The highest BCUT2D eigenvalue weighted by atomic mass is 16.4. The zero-order chi connectivity index (χ0) is 13.7. The summed E-state index contributed by atoms with van der Waals surface area (Å²) in [6.45, 7) is 0.353. The summed E-state index contributed by atoms with van der Waals surface area (Å²) in [5.74, 6) is -0.420. The number of hydrogen-bond acceptors (Lipinski definition) is 4. The molecule has 1 aromatic carbocycles. The number of oxime groups is 1. The number of para-hydroxylation sites is 1. The van der Waals surface area contributed by atoms with E-state index in [4.69, 9.17) is 10.9 Å². The van der Waals surface area contributed by atoms with Crippen LogP contribution < -0.4 is 11.1 Å². The summed E-state index contributed by atoms with van der Waals surface area (Å²) in [6.07, 6.45) is 1.58. The minimum absolute atomic E-state index is 0.117. The molecular weight excluding hydrogens is 244 g/mol. The molecule has 0 atom stereocenters. The van der Waals surface area contributed by atoms with E-state index in [0.29, 0.717) is 6.54 Å². The molecule has 0 radical (unpaired) electrons. The summed E-state index contributed by atoms with van der Waals surface area (Å²) in [5, 5.41) is 14.9. The number of nitrogens with two attached hydrogens (primary N) is 1. The van der Waals surface area contributed by atoms with E-state index in [1.54, 1.807) is 6.20 Å². The first kappa shape index (κ1) is 12.8. The van der Waals surface area contributed by atoms with E-state index in [0.717, 1.165) is 16.5 Å². The van der Waals surface area contributed by atoms with Crippen LogP contribution in [0.3, 0.4) is 0 Å². The molecule has 0 aliphatic heterocycles. The lowest BCUT2D eigenvalue weighted by atomic mass is 10.1. The lowest BCUT2D eigenvalue weighted by molar-refractivity contribution is -0.120. The molecule has 6 nitrogen and oxygen atoms in total. The normalized spacial score (nSPS) is 11.5. The minimum atomic E-state index is -0.303. The van der Waals surface area contributed by atoms with Crippen molar-refractivity contribution in [2.45, 2.75) is 13.0 Å². The van der Waals surface area contributed by atoms with E-state index in [2.05, 4.69) is 15.5 Å². The van der Waals surface area contributed by atoms with Crippen LogP contribution in [0, 0.1) is 0 Å². The average molecular weight is 258 g/mol. The summed E-state index contributed by atoms with van der Waals surface area (Å²) in [7, 11) is 0. The van der Waals surface area contributed by atoms with Gasteiger partial charge in [0, 0.05) is 18.1 Å². The van der Waals surface area contributed by atoms with Crippen molar-refractivity contribution < 1.29 is 10.0 Å². The Balaban J connectivity index is 2.08. The molecule has 98 valence electrons. The number of benzene rings is 1. The highest BCUT2D eigenvalue weighted by molar-refractivity contribution is 5.98. The van der Waals surface area contributed by atoms with Crippen molar-refractivity contribution in [2.24, 2.45) is 10.9 Å². The Hall–Kier alpha value is -2.63. The second-order valence-electron chi connectivity index (χ2n) is 4.04. The zero-order valence-electron chi connectivity index (χ0n) is 10.2. The van der Waals surface area contributed by atoms with Crippen molar-refractivity contribution >= 4 is 22.6 Å². The fourth-order valence-electron chi connectivity index (χ4n) is 1.77. The predicted octanol–water partition coefficient (Wildman–Crippen LogP) is 0.987. The van der Waals surface area contributed by atoms with Gasteiger partial charge in [0.2, 0.25) is 5.91 Å². The van der Waals surface area contributed by atoms with E-state index >= 15 is 0 Å². The molecule has 0 saturated heterocycles. The molecule has 6 heteroatoms. The molecule has 0 saturated carbocycles. The van der Waals surface area contributed by atoms with Crippen LogP contribution in [-0.4, -0.2) is 21.9 Å². The number of hydrogen-bond donors (Lipinski definition) is 3. The van der Waals surface area contributed by atoms with Crippen LogP contribution in [0.4, 0.5) is 0 Å². The molecule has 1 amide bonds. The lowest BCUT2D eigenvalue weighted by Crippen LogP contribution is -2.28. The topological polar surface area (TPSA) is 101 Å². The van der Waals surface area contributed by atoms with Crippen LogP contribution in [0.25, 0.3) is 10.9 Å². The number of aromatic nitrogens is 1. The minimum Gasteiger partial charge on any atom is -0.409 e. The van der Waals surface area contributed by atoms with Gasteiger partial charge < -0.3 is 16.3 Å². The van der Waals surface area contributed by atoms with Gasteiger partial charge in [0.15, 0.2) is 0 Å². The molecule has 0 aliphatic rings. The van der Waals surface area contributed by atoms with Gasteiger partial charge >= 0.3 is 0 Å². The Morgan fingerprint density at radius 2 is 2.16 bits per heavy atom. The average Bonchev–Trinajstić information content (AvgIpc) is 2.44. The number of pyridine rings is 1. The maximum absolute atomic E-state index is 11.5. The third-order valence-corrected chi connectivity index (χ3v) is 2.66. The van der Waals surface area contributed by atoms with Gasteiger partial charge in [-0.25, -0.2) is 0 Å². The van der Waals surface area contributed by atoms with Crippen molar-refractivity contribution in [1.82, 2.24) is 10.3 Å². The molecule has 0 bridgehead atoms. The number of rotatable bonds is 4. The van der Waals surface area contributed by atoms with Crippen LogP contribution in [0.5, 0.6) is 0 Å².